The maximum Gasteiger partial charge on any atom is 0.264 e. The molecule has 0 N–H and O–H groups in total. The first-order chi connectivity index (χ1) is 15.0. The highest BCUT2D eigenvalue weighted by atomic mass is 35.5. The maximum atomic E-state index is 13.7. The lowest BCUT2D eigenvalue weighted by atomic mass is 10.1. The lowest BCUT2D eigenvalue weighted by Crippen LogP contribution is -2.30. The van der Waals surface area contributed by atoms with Gasteiger partial charge in [-0.15, -0.1) is 0 Å². The molecule has 0 fully saturated rings. The van der Waals surface area contributed by atoms with Gasteiger partial charge in [0.1, 0.15) is 0 Å². The van der Waals surface area contributed by atoms with Crippen molar-refractivity contribution in [3.8, 4) is 11.5 Å². The Balaban J connectivity index is 1.84. The van der Waals surface area contributed by atoms with E-state index in [4.69, 9.17) is 26.1 Å². The predicted octanol–water partition coefficient (Wildman–Crippen LogP) is 5.52. The number of hydrogen-bond acceptors (Lipinski definition) is 6. The number of benzene rings is 2. The van der Waals surface area contributed by atoms with E-state index < -0.39 is 0 Å². The predicted molar refractivity (Wildman–Crippen MR) is 124 cm³/mol. The zero-order chi connectivity index (χ0) is 22.0. The van der Waals surface area contributed by atoms with Gasteiger partial charge in [0.25, 0.3) is 5.91 Å². The molecule has 8 heteroatoms. The average Bonchev–Trinajstić information content (AvgIpc) is 3.21. The van der Waals surface area contributed by atoms with Crippen molar-refractivity contribution in [1.82, 2.24) is 9.97 Å². The molecule has 4 rings (SSSR count). The molecule has 0 saturated carbocycles. The molecule has 1 amide bonds. The zero-order valence-electron chi connectivity index (χ0n) is 17.3. The Kier molecular flexibility index (Phi) is 6.06. The van der Waals surface area contributed by atoms with Gasteiger partial charge in [-0.25, -0.2) is 4.98 Å². The van der Waals surface area contributed by atoms with E-state index in [2.05, 4.69) is 4.98 Å². The molecule has 2 aromatic heterocycles. The van der Waals surface area contributed by atoms with Gasteiger partial charge < -0.3 is 9.47 Å². The fourth-order valence-corrected chi connectivity index (χ4v) is 4.78. The van der Waals surface area contributed by atoms with E-state index in [1.54, 1.807) is 42.6 Å². The maximum absolute atomic E-state index is 13.7. The number of ether oxygens (including phenoxy) is 2. The van der Waals surface area contributed by atoms with Crippen LogP contribution < -0.4 is 14.4 Å². The van der Waals surface area contributed by atoms with Crippen molar-refractivity contribution in [2.24, 2.45) is 0 Å². The van der Waals surface area contributed by atoms with E-state index in [0.29, 0.717) is 33.8 Å². The summed E-state index contributed by atoms with van der Waals surface area (Å²) in [5, 5.41) is 1.21. The molecule has 31 heavy (non-hydrogen) atoms. The Labute approximate surface area is 189 Å². The normalized spacial score (nSPS) is 10.8. The van der Waals surface area contributed by atoms with E-state index in [1.807, 2.05) is 31.2 Å². The molecule has 0 radical (unpaired) electrons. The summed E-state index contributed by atoms with van der Waals surface area (Å²) < 4.78 is 11.8. The molecule has 0 aliphatic carbocycles. The molecule has 0 aliphatic heterocycles. The van der Waals surface area contributed by atoms with Gasteiger partial charge >= 0.3 is 0 Å². The van der Waals surface area contributed by atoms with Gasteiger partial charge in [0.15, 0.2) is 16.6 Å². The minimum absolute atomic E-state index is 0.248. The Bertz CT molecular complexity index is 1240. The number of aryl methyl sites for hydroxylation is 1. The minimum Gasteiger partial charge on any atom is -0.493 e. The van der Waals surface area contributed by atoms with Crippen molar-refractivity contribution >= 4 is 44.2 Å². The van der Waals surface area contributed by atoms with E-state index in [-0.39, 0.29) is 5.91 Å². The van der Waals surface area contributed by atoms with E-state index in [9.17, 15) is 4.79 Å². The Morgan fingerprint density at radius 1 is 1.16 bits per heavy atom. The summed E-state index contributed by atoms with van der Waals surface area (Å²) in [6, 6.07) is 12.7. The van der Waals surface area contributed by atoms with E-state index in [0.717, 1.165) is 21.3 Å². The molecule has 0 spiro atoms. The summed E-state index contributed by atoms with van der Waals surface area (Å²) >= 11 is 7.65. The first kappa shape index (κ1) is 21.1. The van der Waals surface area contributed by atoms with Crippen molar-refractivity contribution in [2.45, 2.75) is 13.5 Å². The molecule has 158 valence electrons. The van der Waals surface area contributed by atoms with Crippen LogP contribution in [-0.2, 0) is 6.54 Å². The van der Waals surface area contributed by atoms with Crippen LogP contribution in [0.3, 0.4) is 0 Å². The van der Waals surface area contributed by atoms with E-state index in [1.165, 1.54) is 18.4 Å². The molecule has 0 bridgehead atoms. The topological polar surface area (TPSA) is 64.5 Å². The van der Waals surface area contributed by atoms with Crippen molar-refractivity contribution in [2.75, 3.05) is 19.1 Å². The Hall–Kier alpha value is -3.16. The van der Waals surface area contributed by atoms with Crippen LogP contribution in [-0.4, -0.2) is 30.1 Å². The summed E-state index contributed by atoms with van der Waals surface area (Å²) in [5.41, 5.74) is 3.05. The number of nitrogens with zero attached hydrogens (tertiary/aromatic N) is 3. The molecular formula is C23H20ClN3O3S. The highest BCUT2D eigenvalue weighted by molar-refractivity contribution is 7.22. The summed E-state index contributed by atoms with van der Waals surface area (Å²) in [5.74, 6) is 0.621. The number of anilines is 1. The summed E-state index contributed by atoms with van der Waals surface area (Å²) in [6.45, 7) is 2.26. The average molecular weight is 454 g/mol. The fraction of sp³-hybridized carbons (Fsp3) is 0.174. The summed E-state index contributed by atoms with van der Waals surface area (Å²) in [4.78, 5) is 24.3. The second-order valence-electron chi connectivity index (χ2n) is 6.86. The van der Waals surface area contributed by atoms with Gasteiger partial charge in [-0.05, 0) is 48.4 Å². The Morgan fingerprint density at radius 2 is 2.00 bits per heavy atom. The van der Waals surface area contributed by atoms with Crippen LogP contribution in [0, 0.1) is 6.92 Å². The number of carbonyl (C=O) groups excluding carboxylic acids is 1. The molecule has 2 heterocycles. The third kappa shape index (κ3) is 4.19. The number of rotatable bonds is 6. The monoisotopic (exact) mass is 453 g/mol. The SMILES string of the molecule is COc1cccc(C(=O)N(Cc2cccnc2)c2nc3c(C)cc(Cl)cc3s2)c1OC. The number of carbonyl (C=O) groups is 1. The molecule has 0 saturated heterocycles. The summed E-state index contributed by atoms with van der Waals surface area (Å²) in [7, 11) is 3.06. The van der Waals surface area contributed by atoms with Crippen LogP contribution in [0.5, 0.6) is 11.5 Å². The molecule has 4 aromatic rings. The van der Waals surface area contributed by atoms with Gasteiger partial charge in [-0.2, -0.15) is 0 Å². The third-order valence-corrected chi connectivity index (χ3v) is 6.06. The molecular weight excluding hydrogens is 434 g/mol. The number of halogens is 1. The minimum atomic E-state index is -0.248. The number of hydrogen-bond donors (Lipinski definition) is 0. The van der Waals surface area contributed by atoms with Crippen LogP contribution in [0.25, 0.3) is 10.2 Å². The largest absolute Gasteiger partial charge is 0.493 e. The second-order valence-corrected chi connectivity index (χ2v) is 8.31. The lowest BCUT2D eigenvalue weighted by Gasteiger charge is -2.21. The summed E-state index contributed by atoms with van der Waals surface area (Å²) in [6.07, 6.45) is 3.43. The standard InChI is InChI=1S/C23H20ClN3O3S/c1-14-10-16(24)11-19-20(14)26-23(31-19)27(13-15-6-5-9-25-12-15)22(28)17-7-4-8-18(29-2)21(17)30-3/h4-12H,13H2,1-3H3. The van der Waals surface area contributed by atoms with Crippen LogP contribution in [0.1, 0.15) is 21.5 Å². The van der Waals surface area contributed by atoms with Crippen LogP contribution in [0.4, 0.5) is 5.13 Å². The van der Waals surface area contributed by atoms with Crippen molar-refractivity contribution < 1.29 is 14.3 Å². The first-order valence-corrected chi connectivity index (χ1v) is 10.7. The number of thiazole rings is 1. The first-order valence-electron chi connectivity index (χ1n) is 9.50. The van der Waals surface area contributed by atoms with Crippen molar-refractivity contribution in [3.05, 3.63) is 76.6 Å². The third-order valence-electron chi connectivity index (χ3n) is 4.81. The van der Waals surface area contributed by atoms with Crippen LogP contribution in [0.15, 0.2) is 54.9 Å². The van der Waals surface area contributed by atoms with E-state index >= 15 is 0 Å². The molecule has 0 unspecified atom stereocenters. The van der Waals surface area contributed by atoms with Gasteiger partial charge in [0.2, 0.25) is 0 Å². The number of amides is 1. The number of para-hydroxylation sites is 1. The molecule has 0 aliphatic rings. The van der Waals surface area contributed by atoms with Crippen LogP contribution in [0.2, 0.25) is 5.02 Å². The molecule has 6 nitrogen and oxygen atoms in total. The van der Waals surface area contributed by atoms with Crippen molar-refractivity contribution in [1.29, 1.82) is 0 Å². The van der Waals surface area contributed by atoms with Gasteiger partial charge in [0, 0.05) is 17.4 Å². The highest BCUT2D eigenvalue weighted by Crippen LogP contribution is 2.37. The number of aromatic nitrogens is 2. The second kappa shape index (κ2) is 8.91. The van der Waals surface area contributed by atoms with Gasteiger partial charge in [-0.1, -0.05) is 35.1 Å². The zero-order valence-corrected chi connectivity index (χ0v) is 18.8. The number of methoxy groups -OCH3 is 2. The lowest BCUT2D eigenvalue weighted by molar-refractivity contribution is 0.0981. The van der Waals surface area contributed by atoms with Crippen LogP contribution >= 0.6 is 22.9 Å². The highest BCUT2D eigenvalue weighted by Gasteiger charge is 2.26. The molecule has 2 aromatic carbocycles. The van der Waals surface area contributed by atoms with Gasteiger partial charge in [-0.3, -0.25) is 14.7 Å². The number of pyridine rings is 1. The van der Waals surface area contributed by atoms with Crippen molar-refractivity contribution in [3.63, 3.8) is 0 Å². The molecule has 0 atom stereocenters. The number of fused-ring (bicyclic) bond motifs is 1. The van der Waals surface area contributed by atoms with Gasteiger partial charge in [0.05, 0.1) is 36.5 Å². The fourth-order valence-electron chi connectivity index (χ4n) is 3.36. The Morgan fingerprint density at radius 3 is 2.71 bits per heavy atom. The smallest absolute Gasteiger partial charge is 0.264 e. The quantitative estimate of drug-likeness (QED) is 0.384.